The maximum Gasteiger partial charge on any atom is 0.271 e. The monoisotopic (exact) mass is 281 g/mol. The molecule has 0 saturated carbocycles. The molecule has 0 aliphatic heterocycles. The average molecular weight is 281 g/mol. The van der Waals surface area contributed by atoms with Gasteiger partial charge in [0, 0.05) is 12.1 Å². The van der Waals surface area contributed by atoms with E-state index in [0.717, 1.165) is 0 Å². The van der Waals surface area contributed by atoms with Crippen LogP contribution in [0.2, 0.25) is 0 Å². The van der Waals surface area contributed by atoms with E-state index in [2.05, 4.69) is 4.98 Å². The number of aromatic nitrogens is 2. The van der Waals surface area contributed by atoms with Crippen LogP contribution >= 0.6 is 0 Å². The lowest BCUT2D eigenvalue weighted by Crippen LogP contribution is -2.22. The number of aryl methyl sites for hydroxylation is 1. The molecule has 0 fully saturated rings. The number of benzene rings is 2. The van der Waals surface area contributed by atoms with Crippen molar-refractivity contribution in [3.8, 4) is 5.69 Å². The fourth-order valence-corrected chi connectivity index (χ4v) is 2.28. The lowest BCUT2D eigenvalue weighted by molar-refractivity contribution is -0.384. The zero-order valence-corrected chi connectivity index (χ0v) is 11.2. The highest BCUT2D eigenvalue weighted by Crippen LogP contribution is 2.18. The van der Waals surface area contributed by atoms with Gasteiger partial charge >= 0.3 is 0 Å². The second-order valence-electron chi connectivity index (χ2n) is 4.59. The first kappa shape index (κ1) is 13.0. The maximum absolute atomic E-state index is 12.6. The lowest BCUT2D eigenvalue weighted by atomic mass is 10.2. The fraction of sp³-hybridized carbons (Fsp3) is 0.0667. The van der Waals surface area contributed by atoms with Gasteiger partial charge in [0.2, 0.25) is 0 Å². The number of nitrogens with zero attached hydrogens (tertiary/aromatic N) is 3. The standard InChI is InChI=1S/C15H11N3O3/c1-10-16-14-9-12(18(20)21)7-8-13(14)15(19)17(10)11-5-3-2-4-6-11/h2-9H,1H3. The van der Waals surface area contributed by atoms with Crippen LogP contribution in [0.3, 0.4) is 0 Å². The number of hydrogen-bond acceptors (Lipinski definition) is 4. The highest BCUT2D eigenvalue weighted by atomic mass is 16.6. The van der Waals surface area contributed by atoms with E-state index in [1.54, 1.807) is 6.92 Å². The van der Waals surface area contributed by atoms with Crippen LogP contribution in [0.25, 0.3) is 16.6 Å². The Kier molecular flexibility index (Phi) is 2.98. The second-order valence-corrected chi connectivity index (χ2v) is 4.59. The fourth-order valence-electron chi connectivity index (χ4n) is 2.28. The summed E-state index contributed by atoms with van der Waals surface area (Å²) in [6.07, 6.45) is 0. The SMILES string of the molecule is Cc1nc2cc([N+](=O)[O-])ccc2c(=O)n1-c1ccccc1. The van der Waals surface area contributed by atoms with Gasteiger partial charge in [0.1, 0.15) is 5.82 Å². The van der Waals surface area contributed by atoms with Crippen molar-refractivity contribution >= 4 is 16.6 Å². The zero-order valence-electron chi connectivity index (χ0n) is 11.2. The summed E-state index contributed by atoms with van der Waals surface area (Å²) < 4.78 is 1.49. The lowest BCUT2D eigenvalue weighted by Gasteiger charge is -2.10. The molecular formula is C15H11N3O3. The number of non-ortho nitro benzene ring substituents is 1. The highest BCUT2D eigenvalue weighted by Gasteiger charge is 2.13. The molecule has 1 heterocycles. The Labute approximate surface area is 119 Å². The first-order valence-electron chi connectivity index (χ1n) is 6.31. The molecule has 2 aromatic carbocycles. The number of para-hydroxylation sites is 1. The summed E-state index contributed by atoms with van der Waals surface area (Å²) in [4.78, 5) is 27.2. The predicted molar refractivity (Wildman–Crippen MR) is 78.7 cm³/mol. The Bertz CT molecular complexity index is 901. The largest absolute Gasteiger partial charge is 0.271 e. The van der Waals surface area contributed by atoms with Crippen LogP contribution in [0.4, 0.5) is 5.69 Å². The summed E-state index contributed by atoms with van der Waals surface area (Å²) in [6.45, 7) is 1.70. The Morgan fingerprint density at radius 2 is 1.86 bits per heavy atom. The van der Waals surface area contributed by atoms with Crippen LogP contribution in [-0.4, -0.2) is 14.5 Å². The molecule has 0 spiro atoms. The zero-order chi connectivity index (χ0) is 15.0. The second kappa shape index (κ2) is 4.82. The van der Waals surface area contributed by atoms with Gasteiger partial charge in [-0.1, -0.05) is 18.2 Å². The molecule has 0 N–H and O–H groups in total. The van der Waals surface area contributed by atoms with Gasteiger partial charge in [-0.2, -0.15) is 0 Å². The van der Waals surface area contributed by atoms with E-state index >= 15 is 0 Å². The third-order valence-electron chi connectivity index (χ3n) is 3.25. The molecule has 0 atom stereocenters. The summed E-state index contributed by atoms with van der Waals surface area (Å²) >= 11 is 0. The first-order valence-corrected chi connectivity index (χ1v) is 6.31. The van der Waals surface area contributed by atoms with Gasteiger partial charge in [0.25, 0.3) is 11.2 Å². The molecule has 6 nitrogen and oxygen atoms in total. The molecule has 0 aliphatic rings. The van der Waals surface area contributed by atoms with Crippen LogP contribution in [0, 0.1) is 17.0 Å². The van der Waals surface area contributed by atoms with E-state index in [1.165, 1.54) is 22.8 Å². The molecule has 0 radical (unpaired) electrons. The topological polar surface area (TPSA) is 78.0 Å². The summed E-state index contributed by atoms with van der Waals surface area (Å²) in [5, 5.41) is 11.2. The summed E-state index contributed by atoms with van der Waals surface area (Å²) in [7, 11) is 0. The van der Waals surface area contributed by atoms with Crippen LogP contribution < -0.4 is 5.56 Å². The molecule has 1 aromatic heterocycles. The Hall–Kier alpha value is -3.02. The molecule has 0 amide bonds. The molecule has 0 bridgehead atoms. The molecule has 3 aromatic rings. The van der Waals surface area contributed by atoms with Crippen molar-refractivity contribution in [3.05, 3.63) is 74.8 Å². The number of hydrogen-bond donors (Lipinski definition) is 0. The minimum absolute atomic E-state index is 0.0775. The number of rotatable bonds is 2. The van der Waals surface area contributed by atoms with Crippen molar-refractivity contribution in [2.75, 3.05) is 0 Å². The number of nitro benzene ring substituents is 1. The van der Waals surface area contributed by atoms with Crippen molar-refractivity contribution in [3.63, 3.8) is 0 Å². The summed E-state index contributed by atoms with van der Waals surface area (Å²) in [5.41, 5.74) is 0.733. The molecule has 3 rings (SSSR count). The van der Waals surface area contributed by atoms with E-state index in [9.17, 15) is 14.9 Å². The number of nitro groups is 1. The molecule has 0 saturated heterocycles. The first-order chi connectivity index (χ1) is 10.1. The highest BCUT2D eigenvalue weighted by molar-refractivity contribution is 5.80. The van der Waals surface area contributed by atoms with Crippen molar-refractivity contribution in [2.45, 2.75) is 6.92 Å². The molecule has 104 valence electrons. The third-order valence-corrected chi connectivity index (χ3v) is 3.25. The predicted octanol–water partition coefficient (Wildman–Crippen LogP) is 2.60. The molecule has 0 aliphatic carbocycles. The van der Waals surface area contributed by atoms with Gasteiger partial charge in [-0.3, -0.25) is 19.5 Å². The van der Waals surface area contributed by atoms with Gasteiger partial charge in [0.05, 0.1) is 21.5 Å². The van der Waals surface area contributed by atoms with Crippen LogP contribution in [0.1, 0.15) is 5.82 Å². The maximum atomic E-state index is 12.6. The Balaban J connectivity index is 2.33. The minimum Gasteiger partial charge on any atom is -0.268 e. The van der Waals surface area contributed by atoms with Gasteiger partial charge in [-0.25, -0.2) is 4.98 Å². The normalized spacial score (nSPS) is 10.7. The van der Waals surface area contributed by atoms with E-state index in [-0.39, 0.29) is 11.2 Å². The van der Waals surface area contributed by atoms with E-state index in [4.69, 9.17) is 0 Å². The molecule has 0 unspecified atom stereocenters. The molecular weight excluding hydrogens is 270 g/mol. The van der Waals surface area contributed by atoms with Gasteiger partial charge in [0.15, 0.2) is 0 Å². The van der Waals surface area contributed by atoms with Crippen molar-refractivity contribution < 1.29 is 4.92 Å². The average Bonchev–Trinajstić information content (AvgIpc) is 2.47. The van der Waals surface area contributed by atoms with E-state index in [0.29, 0.717) is 22.4 Å². The molecule has 21 heavy (non-hydrogen) atoms. The Morgan fingerprint density at radius 3 is 2.52 bits per heavy atom. The summed E-state index contributed by atoms with van der Waals surface area (Å²) in [6, 6.07) is 13.2. The van der Waals surface area contributed by atoms with Gasteiger partial charge in [-0.05, 0) is 25.1 Å². The van der Waals surface area contributed by atoms with Crippen LogP contribution in [0.5, 0.6) is 0 Å². The van der Waals surface area contributed by atoms with Crippen molar-refractivity contribution in [1.29, 1.82) is 0 Å². The Morgan fingerprint density at radius 1 is 1.14 bits per heavy atom. The third kappa shape index (κ3) is 2.16. The van der Waals surface area contributed by atoms with Crippen LogP contribution in [0.15, 0.2) is 53.3 Å². The quantitative estimate of drug-likeness (QED) is 0.534. The summed E-state index contributed by atoms with van der Waals surface area (Å²) in [5.74, 6) is 0.485. The van der Waals surface area contributed by atoms with Crippen molar-refractivity contribution in [1.82, 2.24) is 9.55 Å². The van der Waals surface area contributed by atoms with Gasteiger partial charge in [-0.15, -0.1) is 0 Å². The smallest absolute Gasteiger partial charge is 0.268 e. The van der Waals surface area contributed by atoms with E-state index in [1.807, 2.05) is 30.3 Å². The minimum atomic E-state index is -0.501. The molecule has 6 heteroatoms. The van der Waals surface area contributed by atoms with Gasteiger partial charge < -0.3 is 0 Å². The van der Waals surface area contributed by atoms with Crippen molar-refractivity contribution in [2.24, 2.45) is 0 Å². The van der Waals surface area contributed by atoms with E-state index < -0.39 is 4.92 Å². The number of fused-ring (bicyclic) bond motifs is 1. The van der Waals surface area contributed by atoms with Crippen LogP contribution in [-0.2, 0) is 0 Å².